The van der Waals surface area contributed by atoms with E-state index in [4.69, 9.17) is 0 Å². The van der Waals surface area contributed by atoms with Gasteiger partial charge in [-0.3, -0.25) is 0 Å². The molecule has 0 radical (unpaired) electrons. The van der Waals surface area contributed by atoms with Crippen molar-refractivity contribution in [3.05, 3.63) is 65.5 Å². The van der Waals surface area contributed by atoms with Crippen LogP contribution in [0.4, 0.5) is 10.3 Å². The average Bonchev–Trinajstić information content (AvgIpc) is 3.07. The number of hydrogen-bond acceptors (Lipinski definition) is 5. The van der Waals surface area contributed by atoms with Crippen LogP contribution in [0, 0.1) is 5.82 Å². The molecule has 2 heterocycles. The standard InChI is InChI=1S/C18H17FN4OS/c1-25-18-21-17-20-14(13-9-12(19)7-8-16(13)24)10-15(23(17)22-18)11-5-3-2-4-6-11/h2-9,14-15,24H,10H2,1H3,(H,20,21,22)/t14-,15+/m0/s1. The summed E-state index contributed by atoms with van der Waals surface area (Å²) in [6.45, 7) is 0. The van der Waals surface area contributed by atoms with Gasteiger partial charge < -0.3 is 10.4 Å². The number of fused-ring (bicyclic) bond motifs is 1. The van der Waals surface area contributed by atoms with E-state index in [1.165, 1.54) is 30.0 Å². The number of thioether (sulfide) groups is 1. The molecule has 3 aromatic rings. The van der Waals surface area contributed by atoms with Crippen LogP contribution < -0.4 is 5.32 Å². The van der Waals surface area contributed by atoms with E-state index in [1.54, 1.807) is 0 Å². The smallest absolute Gasteiger partial charge is 0.223 e. The lowest BCUT2D eigenvalue weighted by Crippen LogP contribution is -2.28. The summed E-state index contributed by atoms with van der Waals surface area (Å²) in [6.07, 6.45) is 2.56. The van der Waals surface area contributed by atoms with E-state index in [-0.39, 0.29) is 23.7 Å². The number of anilines is 1. The van der Waals surface area contributed by atoms with Gasteiger partial charge in [-0.05, 0) is 36.4 Å². The summed E-state index contributed by atoms with van der Waals surface area (Å²) in [5.74, 6) is 0.324. The lowest BCUT2D eigenvalue weighted by molar-refractivity contribution is 0.409. The molecule has 4 rings (SSSR count). The van der Waals surface area contributed by atoms with E-state index in [0.29, 0.717) is 23.1 Å². The van der Waals surface area contributed by atoms with E-state index in [1.807, 2.05) is 41.3 Å². The van der Waals surface area contributed by atoms with Crippen molar-refractivity contribution in [2.45, 2.75) is 23.7 Å². The van der Waals surface area contributed by atoms with E-state index in [2.05, 4.69) is 15.4 Å². The first kappa shape index (κ1) is 16.0. The molecule has 0 saturated carbocycles. The number of nitrogens with zero attached hydrogens (tertiary/aromatic N) is 3. The Morgan fingerprint density at radius 1 is 1.24 bits per heavy atom. The summed E-state index contributed by atoms with van der Waals surface area (Å²) < 4.78 is 15.6. The molecule has 7 heteroatoms. The van der Waals surface area contributed by atoms with Crippen LogP contribution in [0.1, 0.15) is 29.6 Å². The predicted octanol–water partition coefficient (Wildman–Crippen LogP) is 3.99. The van der Waals surface area contributed by atoms with Crippen molar-refractivity contribution in [3.8, 4) is 5.75 Å². The number of hydrogen-bond donors (Lipinski definition) is 2. The zero-order valence-electron chi connectivity index (χ0n) is 13.6. The van der Waals surface area contributed by atoms with Crippen LogP contribution in [0.5, 0.6) is 5.75 Å². The minimum Gasteiger partial charge on any atom is -0.508 e. The number of phenols is 1. The van der Waals surface area contributed by atoms with Crippen molar-refractivity contribution in [2.24, 2.45) is 0 Å². The molecule has 1 aliphatic rings. The summed E-state index contributed by atoms with van der Waals surface area (Å²) >= 11 is 1.47. The quantitative estimate of drug-likeness (QED) is 0.695. The number of benzene rings is 2. The summed E-state index contributed by atoms with van der Waals surface area (Å²) in [4.78, 5) is 4.50. The van der Waals surface area contributed by atoms with Gasteiger partial charge in [0.25, 0.3) is 0 Å². The van der Waals surface area contributed by atoms with Gasteiger partial charge in [0, 0.05) is 5.56 Å². The third-order valence-corrected chi connectivity index (χ3v) is 4.94. The molecule has 2 aromatic carbocycles. The Balaban J connectivity index is 1.79. The molecule has 0 unspecified atom stereocenters. The second kappa shape index (κ2) is 6.40. The molecular formula is C18H17FN4OS. The number of phenolic OH excluding ortho intramolecular Hbond substituents is 1. The fourth-order valence-corrected chi connectivity index (χ4v) is 3.55. The van der Waals surface area contributed by atoms with Gasteiger partial charge in [-0.15, -0.1) is 5.10 Å². The zero-order valence-corrected chi connectivity index (χ0v) is 14.4. The number of aromatic hydroxyl groups is 1. The van der Waals surface area contributed by atoms with Crippen LogP contribution >= 0.6 is 11.8 Å². The molecule has 25 heavy (non-hydrogen) atoms. The van der Waals surface area contributed by atoms with Crippen molar-refractivity contribution in [2.75, 3.05) is 11.6 Å². The minimum atomic E-state index is -0.372. The van der Waals surface area contributed by atoms with E-state index in [9.17, 15) is 9.50 Å². The highest BCUT2D eigenvalue weighted by Crippen LogP contribution is 2.40. The summed E-state index contributed by atoms with van der Waals surface area (Å²) in [6, 6.07) is 13.7. The molecule has 0 amide bonds. The fourth-order valence-electron chi connectivity index (χ4n) is 3.21. The van der Waals surface area contributed by atoms with Gasteiger partial charge in [0.2, 0.25) is 11.1 Å². The van der Waals surface area contributed by atoms with Crippen molar-refractivity contribution in [3.63, 3.8) is 0 Å². The molecular weight excluding hydrogens is 339 g/mol. The molecule has 0 aliphatic carbocycles. The van der Waals surface area contributed by atoms with Crippen molar-refractivity contribution >= 4 is 17.7 Å². The Morgan fingerprint density at radius 3 is 2.80 bits per heavy atom. The van der Waals surface area contributed by atoms with Crippen molar-refractivity contribution in [1.29, 1.82) is 0 Å². The monoisotopic (exact) mass is 356 g/mol. The number of aromatic nitrogens is 3. The summed E-state index contributed by atoms with van der Waals surface area (Å²) in [7, 11) is 0. The topological polar surface area (TPSA) is 63.0 Å². The second-order valence-electron chi connectivity index (χ2n) is 5.93. The molecule has 5 nitrogen and oxygen atoms in total. The Kier molecular flexibility index (Phi) is 4.09. The number of rotatable bonds is 3. The number of halogens is 1. The predicted molar refractivity (Wildman–Crippen MR) is 95.4 cm³/mol. The van der Waals surface area contributed by atoms with Crippen LogP contribution in [0.3, 0.4) is 0 Å². The van der Waals surface area contributed by atoms with Crippen LogP contribution in [0.2, 0.25) is 0 Å². The first-order valence-electron chi connectivity index (χ1n) is 7.96. The van der Waals surface area contributed by atoms with Gasteiger partial charge in [0.05, 0.1) is 12.1 Å². The maximum Gasteiger partial charge on any atom is 0.223 e. The Hall–Kier alpha value is -2.54. The van der Waals surface area contributed by atoms with Crippen LogP contribution in [0.15, 0.2) is 53.7 Å². The van der Waals surface area contributed by atoms with Crippen LogP contribution in [-0.4, -0.2) is 26.1 Å². The van der Waals surface area contributed by atoms with Gasteiger partial charge in [-0.1, -0.05) is 42.1 Å². The first-order chi connectivity index (χ1) is 12.2. The highest BCUT2D eigenvalue weighted by Gasteiger charge is 2.32. The highest BCUT2D eigenvalue weighted by molar-refractivity contribution is 7.98. The normalized spacial score (nSPS) is 19.3. The largest absolute Gasteiger partial charge is 0.508 e. The molecule has 128 valence electrons. The maximum absolute atomic E-state index is 13.7. The third-order valence-electron chi connectivity index (χ3n) is 4.40. The van der Waals surface area contributed by atoms with Gasteiger partial charge in [-0.2, -0.15) is 4.98 Å². The van der Waals surface area contributed by atoms with Gasteiger partial charge in [0.15, 0.2) is 0 Å². The minimum absolute atomic E-state index is 0.0430. The van der Waals surface area contributed by atoms with E-state index in [0.717, 1.165) is 5.56 Å². The molecule has 0 spiro atoms. The number of nitrogens with one attached hydrogen (secondary N) is 1. The SMILES string of the molecule is CSc1nc2n(n1)[C@@H](c1ccccc1)C[C@@H](c1cc(F)ccc1O)N2. The van der Waals surface area contributed by atoms with Crippen molar-refractivity contribution in [1.82, 2.24) is 14.8 Å². The van der Waals surface area contributed by atoms with Crippen LogP contribution in [0.25, 0.3) is 0 Å². The van der Waals surface area contributed by atoms with E-state index < -0.39 is 0 Å². The zero-order chi connectivity index (χ0) is 17.4. The van der Waals surface area contributed by atoms with Gasteiger partial charge in [-0.25, -0.2) is 9.07 Å². The molecule has 1 aromatic heterocycles. The van der Waals surface area contributed by atoms with Gasteiger partial charge >= 0.3 is 0 Å². The Bertz CT molecular complexity index is 899. The first-order valence-corrected chi connectivity index (χ1v) is 9.18. The Labute approximate surface area is 148 Å². The Morgan fingerprint density at radius 2 is 2.04 bits per heavy atom. The molecule has 0 bridgehead atoms. The van der Waals surface area contributed by atoms with Crippen LogP contribution in [-0.2, 0) is 0 Å². The molecule has 2 atom stereocenters. The average molecular weight is 356 g/mol. The van der Waals surface area contributed by atoms with Gasteiger partial charge in [0.1, 0.15) is 11.6 Å². The summed E-state index contributed by atoms with van der Waals surface area (Å²) in [5.41, 5.74) is 1.63. The molecule has 0 fully saturated rings. The fraction of sp³-hybridized carbons (Fsp3) is 0.222. The lowest BCUT2D eigenvalue weighted by atomic mass is 9.93. The highest BCUT2D eigenvalue weighted by atomic mass is 32.2. The second-order valence-corrected chi connectivity index (χ2v) is 6.70. The molecule has 2 N–H and O–H groups in total. The summed E-state index contributed by atoms with van der Waals surface area (Å²) in [5, 5.41) is 18.7. The third kappa shape index (κ3) is 2.95. The maximum atomic E-state index is 13.7. The molecule has 1 aliphatic heterocycles. The van der Waals surface area contributed by atoms with E-state index >= 15 is 0 Å². The lowest BCUT2D eigenvalue weighted by Gasteiger charge is -2.32. The molecule has 0 saturated heterocycles. The van der Waals surface area contributed by atoms with Crippen molar-refractivity contribution < 1.29 is 9.50 Å².